The molecule has 2 aliphatic rings. The average molecular weight is 169 g/mol. The fourth-order valence-corrected chi connectivity index (χ4v) is 1.64. The number of hydrogen-bond acceptors (Lipinski definition) is 4. The molecule has 1 heterocycles. The van der Waals surface area contributed by atoms with E-state index in [1.54, 1.807) is 0 Å². The average Bonchev–Trinajstić information content (AvgIpc) is 2.70. The van der Waals surface area contributed by atoms with Gasteiger partial charge in [-0.05, 0) is 12.8 Å². The Bertz CT molecular complexity index is 240. The summed E-state index contributed by atoms with van der Waals surface area (Å²) in [4.78, 5) is 0. The first kappa shape index (κ1) is 7.03. The largest absolute Gasteiger partial charge is 0.385 e. The standard InChI is InChI=1S/C7H11N3S/c1-7(2-3-7)5-4-6(8)10-11-9-5/h4,10H,2-3,8H2,1H3. The van der Waals surface area contributed by atoms with Crippen molar-refractivity contribution in [3.05, 3.63) is 11.9 Å². The molecule has 0 saturated heterocycles. The van der Waals surface area contributed by atoms with E-state index >= 15 is 0 Å². The normalized spacial score (nSPS) is 26.6. The van der Waals surface area contributed by atoms with Crippen molar-refractivity contribution in [1.82, 2.24) is 4.72 Å². The lowest BCUT2D eigenvalue weighted by Crippen LogP contribution is -2.21. The summed E-state index contributed by atoms with van der Waals surface area (Å²) in [6.07, 6.45) is 4.43. The summed E-state index contributed by atoms with van der Waals surface area (Å²) in [5, 5.41) is 0. The molecule has 2 rings (SSSR count). The SMILES string of the molecule is CC1(C2=NSNC(N)=C2)CC1. The van der Waals surface area contributed by atoms with Gasteiger partial charge in [0.15, 0.2) is 0 Å². The van der Waals surface area contributed by atoms with Gasteiger partial charge in [0.2, 0.25) is 0 Å². The third-order valence-electron chi connectivity index (χ3n) is 2.22. The summed E-state index contributed by atoms with van der Waals surface area (Å²) in [6, 6.07) is 0. The molecule has 0 aromatic heterocycles. The summed E-state index contributed by atoms with van der Waals surface area (Å²) in [5.41, 5.74) is 7.07. The van der Waals surface area contributed by atoms with Gasteiger partial charge >= 0.3 is 0 Å². The van der Waals surface area contributed by atoms with Crippen LogP contribution in [0.15, 0.2) is 16.3 Å². The van der Waals surface area contributed by atoms with Crippen molar-refractivity contribution in [2.75, 3.05) is 0 Å². The van der Waals surface area contributed by atoms with Crippen LogP contribution in [-0.4, -0.2) is 5.71 Å². The molecule has 0 amide bonds. The van der Waals surface area contributed by atoms with Gasteiger partial charge in [-0.3, -0.25) is 4.72 Å². The molecule has 1 fully saturated rings. The smallest absolute Gasteiger partial charge is 0.109 e. The summed E-state index contributed by atoms with van der Waals surface area (Å²) in [7, 11) is 0. The van der Waals surface area contributed by atoms with E-state index in [4.69, 9.17) is 5.73 Å². The van der Waals surface area contributed by atoms with E-state index in [1.807, 2.05) is 6.08 Å². The van der Waals surface area contributed by atoms with E-state index in [2.05, 4.69) is 16.0 Å². The topological polar surface area (TPSA) is 50.4 Å². The van der Waals surface area contributed by atoms with Crippen LogP contribution < -0.4 is 10.5 Å². The molecule has 0 atom stereocenters. The maximum absolute atomic E-state index is 5.60. The van der Waals surface area contributed by atoms with Gasteiger partial charge in [0.1, 0.15) is 5.82 Å². The Morgan fingerprint density at radius 1 is 1.73 bits per heavy atom. The molecule has 1 saturated carbocycles. The van der Waals surface area contributed by atoms with Crippen LogP contribution in [0, 0.1) is 5.41 Å². The van der Waals surface area contributed by atoms with Crippen LogP contribution in [0.2, 0.25) is 0 Å². The van der Waals surface area contributed by atoms with Crippen molar-refractivity contribution < 1.29 is 0 Å². The molecule has 0 unspecified atom stereocenters. The first-order chi connectivity index (χ1) is 5.21. The molecule has 3 N–H and O–H groups in total. The second-order valence-electron chi connectivity index (χ2n) is 3.33. The van der Waals surface area contributed by atoms with Crippen molar-refractivity contribution in [3.8, 4) is 0 Å². The highest BCUT2D eigenvalue weighted by Crippen LogP contribution is 2.47. The Morgan fingerprint density at radius 2 is 2.45 bits per heavy atom. The van der Waals surface area contributed by atoms with Crippen LogP contribution in [0.25, 0.3) is 0 Å². The summed E-state index contributed by atoms with van der Waals surface area (Å²) < 4.78 is 7.16. The molecule has 11 heavy (non-hydrogen) atoms. The molecule has 0 aromatic carbocycles. The minimum atomic E-state index is 0.333. The summed E-state index contributed by atoms with van der Waals surface area (Å²) >= 11 is 1.32. The highest BCUT2D eigenvalue weighted by Gasteiger charge is 2.42. The van der Waals surface area contributed by atoms with Crippen LogP contribution >= 0.6 is 12.1 Å². The van der Waals surface area contributed by atoms with Gasteiger partial charge in [-0.1, -0.05) is 6.92 Å². The molecule has 60 valence electrons. The van der Waals surface area contributed by atoms with Crippen molar-refractivity contribution in [2.24, 2.45) is 15.5 Å². The number of rotatable bonds is 1. The Labute approximate surface area is 70.4 Å². The van der Waals surface area contributed by atoms with Gasteiger partial charge in [0.25, 0.3) is 0 Å². The van der Waals surface area contributed by atoms with E-state index in [1.165, 1.54) is 25.0 Å². The van der Waals surface area contributed by atoms with Crippen LogP contribution in [0.3, 0.4) is 0 Å². The van der Waals surface area contributed by atoms with Gasteiger partial charge in [-0.2, -0.15) is 4.40 Å². The van der Waals surface area contributed by atoms with Gasteiger partial charge in [-0.15, -0.1) is 0 Å². The number of allylic oxidation sites excluding steroid dienone is 1. The van der Waals surface area contributed by atoms with Crippen molar-refractivity contribution in [3.63, 3.8) is 0 Å². The Kier molecular flexibility index (Phi) is 1.39. The molecule has 0 spiro atoms. The molecule has 4 heteroatoms. The predicted molar refractivity (Wildman–Crippen MR) is 47.8 cm³/mol. The fraction of sp³-hybridized carbons (Fsp3) is 0.571. The molecule has 0 bridgehead atoms. The van der Waals surface area contributed by atoms with E-state index in [0.29, 0.717) is 11.2 Å². The molecular weight excluding hydrogens is 158 g/mol. The third kappa shape index (κ3) is 1.22. The molecular formula is C7H11N3S. The molecule has 1 aliphatic carbocycles. The first-order valence-electron chi connectivity index (χ1n) is 3.68. The number of hydrogen-bond donors (Lipinski definition) is 2. The van der Waals surface area contributed by atoms with Crippen molar-refractivity contribution in [1.29, 1.82) is 0 Å². The first-order valence-corrected chi connectivity index (χ1v) is 4.46. The lowest BCUT2D eigenvalue weighted by atomic mass is 10.0. The highest BCUT2D eigenvalue weighted by atomic mass is 32.2. The van der Waals surface area contributed by atoms with Crippen LogP contribution in [-0.2, 0) is 0 Å². The lowest BCUT2D eigenvalue weighted by molar-refractivity contribution is 0.807. The Hall–Kier alpha value is -0.640. The minimum Gasteiger partial charge on any atom is -0.385 e. The number of nitrogens with zero attached hydrogens (tertiary/aromatic N) is 1. The zero-order valence-electron chi connectivity index (χ0n) is 6.42. The zero-order valence-corrected chi connectivity index (χ0v) is 7.24. The summed E-state index contributed by atoms with van der Waals surface area (Å²) in [6.45, 7) is 2.22. The van der Waals surface area contributed by atoms with E-state index in [9.17, 15) is 0 Å². The number of nitrogens with two attached hydrogens (primary N) is 1. The van der Waals surface area contributed by atoms with E-state index < -0.39 is 0 Å². The van der Waals surface area contributed by atoms with Gasteiger partial charge < -0.3 is 5.73 Å². The maximum atomic E-state index is 5.60. The van der Waals surface area contributed by atoms with Crippen LogP contribution in [0.1, 0.15) is 19.8 Å². The Balaban J connectivity index is 2.20. The maximum Gasteiger partial charge on any atom is 0.109 e. The van der Waals surface area contributed by atoms with Gasteiger partial charge in [0, 0.05) is 11.5 Å². The van der Waals surface area contributed by atoms with Crippen molar-refractivity contribution >= 4 is 17.8 Å². The third-order valence-corrected chi connectivity index (χ3v) is 2.83. The minimum absolute atomic E-state index is 0.333. The zero-order chi connectivity index (χ0) is 7.90. The molecule has 1 aliphatic heterocycles. The highest BCUT2D eigenvalue weighted by molar-refractivity contribution is 7.96. The summed E-state index contributed by atoms with van der Waals surface area (Å²) in [5.74, 6) is 0.716. The number of nitrogens with one attached hydrogen (secondary N) is 1. The molecule has 0 aromatic rings. The van der Waals surface area contributed by atoms with Gasteiger partial charge in [0.05, 0.1) is 17.8 Å². The van der Waals surface area contributed by atoms with E-state index in [0.717, 1.165) is 5.71 Å². The predicted octanol–water partition coefficient (Wildman–Crippen LogP) is 1.19. The Morgan fingerprint density at radius 3 is 3.00 bits per heavy atom. The second-order valence-corrected chi connectivity index (χ2v) is 3.90. The molecule has 0 radical (unpaired) electrons. The van der Waals surface area contributed by atoms with E-state index in [-0.39, 0.29) is 0 Å². The van der Waals surface area contributed by atoms with Gasteiger partial charge in [-0.25, -0.2) is 0 Å². The van der Waals surface area contributed by atoms with Crippen molar-refractivity contribution in [2.45, 2.75) is 19.8 Å². The lowest BCUT2D eigenvalue weighted by Gasteiger charge is -2.14. The quantitative estimate of drug-likeness (QED) is 0.580. The van der Waals surface area contributed by atoms with Crippen LogP contribution in [0.4, 0.5) is 0 Å². The fourth-order valence-electron chi connectivity index (χ4n) is 1.06. The second kappa shape index (κ2) is 2.17. The monoisotopic (exact) mass is 169 g/mol. The molecule has 3 nitrogen and oxygen atoms in total. The van der Waals surface area contributed by atoms with Crippen LogP contribution in [0.5, 0.6) is 0 Å².